The average Bonchev–Trinajstić information content (AvgIpc) is 3.16. The van der Waals surface area contributed by atoms with Gasteiger partial charge in [-0.1, -0.05) is 71.9 Å². The number of ether oxygens (including phenoxy) is 2. The maximum atomic E-state index is 13.0. The summed E-state index contributed by atoms with van der Waals surface area (Å²) in [4.78, 5) is 27.6. The van der Waals surface area contributed by atoms with E-state index in [-0.39, 0.29) is 24.0 Å². The highest BCUT2D eigenvalue weighted by Gasteiger charge is 2.61. The molecule has 5 nitrogen and oxygen atoms in total. The van der Waals surface area contributed by atoms with E-state index in [1.54, 1.807) is 4.90 Å². The highest BCUT2D eigenvalue weighted by molar-refractivity contribution is 6.90. The Labute approximate surface area is 206 Å². The van der Waals surface area contributed by atoms with Gasteiger partial charge in [0.2, 0.25) is 0 Å². The van der Waals surface area contributed by atoms with Gasteiger partial charge in [0.25, 0.3) is 0 Å². The lowest BCUT2D eigenvalue weighted by atomic mass is 9.69. The summed E-state index contributed by atoms with van der Waals surface area (Å²) in [6, 6.07) is 9.34. The second kappa shape index (κ2) is 10.7. The molecule has 6 heteroatoms. The first-order valence-corrected chi connectivity index (χ1v) is 15.0. The quantitative estimate of drug-likeness (QED) is 0.306. The molecule has 1 aliphatic heterocycles. The molecule has 1 saturated heterocycles. The molecule has 0 aromatic heterocycles. The van der Waals surface area contributed by atoms with Gasteiger partial charge in [-0.05, 0) is 35.5 Å². The fourth-order valence-corrected chi connectivity index (χ4v) is 11.6. The molecule has 3 rings (SSSR count). The highest BCUT2D eigenvalue weighted by atomic mass is 28.3. The van der Waals surface area contributed by atoms with Gasteiger partial charge >= 0.3 is 6.09 Å². The fourth-order valence-electron chi connectivity index (χ4n) is 6.31. The van der Waals surface area contributed by atoms with Crippen LogP contribution in [0.15, 0.2) is 30.3 Å². The summed E-state index contributed by atoms with van der Waals surface area (Å²) in [6.07, 6.45) is 1.02. The van der Waals surface area contributed by atoms with Crippen LogP contribution in [0.4, 0.5) is 4.79 Å². The van der Waals surface area contributed by atoms with Gasteiger partial charge in [0.1, 0.15) is 20.3 Å². The van der Waals surface area contributed by atoms with Gasteiger partial charge in [0.05, 0.1) is 12.1 Å². The Morgan fingerprint density at radius 2 is 1.71 bits per heavy atom. The van der Waals surface area contributed by atoms with E-state index in [1.165, 1.54) is 0 Å². The van der Waals surface area contributed by atoms with Crippen molar-refractivity contribution >= 4 is 20.0 Å². The molecule has 2 aliphatic rings. The van der Waals surface area contributed by atoms with Crippen LogP contribution in [0.25, 0.3) is 0 Å². The molecule has 0 N–H and O–H groups in total. The third kappa shape index (κ3) is 4.57. The van der Waals surface area contributed by atoms with Gasteiger partial charge in [-0.15, -0.1) is 11.5 Å². The van der Waals surface area contributed by atoms with Crippen LogP contribution in [0, 0.1) is 11.5 Å². The normalized spacial score (nSPS) is 24.9. The summed E-state index contributed by atoms with van der Waals surface area (Å²) < 4.78 is 11.6. The lowest BCUT2D eigenvalue weighted by Crippen LogP contribution is -2.68. The van der Waals surface area contributed by atoms with Crippen molar-refractivity contribution in [1.82, 2.24) is 4.90 Å². The molecule has 0 bridgehead atoms. The Morgan fingerprint density at radius 3 is 2.24 bits per heavy atom. The van der Waals surface area contributed by atoms with E-state index >= 15 is 0 Å². The molecule has 1 saturated carbocycles. The summed E-state index contributed by atoms with van der Waals surface area (Å²) in [5, 5.41) is 0. The molecule has 0 unspecified atom stereocenters. The van der Waals surface area contributed by atoms with Gasteiger partial charge in [0.15, 0.2) is 5.78 Å². The summed E-state index contributed by atoms with van der Waals surface area (Å²) in [5.74, 6) is 3.55. The van der Waals surface area contributed by atoms with E-state index in [1.807, 2.05) is 37.3 Å². The van der Waals surface area contributed by atoms with E-state index < -0.39 is 13.7 Å². The lowest BCUT2D eigenvalue weighted by molar-refractivity contribution is -0.178. The maximum Gasteiger partial charge on any atom is 0.410 e. The predicted molar refractivity (Wildman–Crippen MR) is 138 cm³/mol. The van der Waals surface area contributed by atoms with Crippen LogP contribution >= 0.6 is 0 Å². The number of Topliss-reactive ketones (excluding diaryl/α,β-unsaturated/α-hetero) is 1. The van der Waals surface area contributed by atoms with Crippen LogP contribution in [-0.4, -0.2) is 49.7 Å². The zero-order chi connectivity index (χ0) is 25.1. The van der Waals surface area contributed by atoms with Crippen LogP contribution in [0.3, 0.4) is 0 Å². The van der Waals surface area contributed by atoms with E-state index in [2.05, 4.69) is 53.0 Å². The molecule has 1 aromatic carbocycles. The molecular formula is C28H41NO4Si. The fraction of sp³-hybridized carbons (Fsp3) is 0.643. The third-order valence-corrected chi connectivity index (χ3v) is 14.4. The Hall–Kier alpha value is -2.10. The largest absolute Gasteiger partial charge is 0.447 e. The summed E-state index contributed by atoms with van der Waals surface area (Å²) in [6.45, 7) is 16.4. The van der Waals surface area contributed by atoms with Crippen molar-refractivity contribution in [2.75, 3.05) is 13.2 Å². The van der Waals surface area contributed by atoms with Crippen molar-refractivity contribution in [2.24, 2.45) is 0 Å². The molecule has 1 aliphatic carbocycles. The first-order chi connectivity index (χ1) is 16.1. The van der Waals surface area contributed by atoms with Crippen molar-refractivity contribution in [3.63, 3.8) is 0 Å². The molecule has 1 amide bonds. The molecule has 0 spiro atoms. The van der Waals surface area contributed by atoms with Gasteiger partial charge < -0.3 is 9.47 Å². The second-order valence-electron chi connectivity index (χ2n) is 10.6. The minimum Gasteiger partial charge on any atom is -0.447 e. The van der Waals surface area contributed by atoms with Crippen LogP contribution < -0.4 is 0 Å². The summed E-state index contributed by atoms with van der Waals surface area (Å²) in [7, 11) is -1.83. The SMILES string of the molecule is CCO[C@@]1(CCC#C[Si](C(C)C)(C(C)C)C(C)C)C(=O)C[C@@H]1N1C(=O)OC[C@@H]1c1ccccc1. The molecule has 186 valence electrons. The van der Waals surface area contributed by atoms with E-state index in [4.69, 9.17) is 9.47 Å². The zero-order valence-electron chi connectivity index (χ0n) is 21.9. The van der Waals surface area contributed by atoms with Crippen LogP contribution in [0.5, 0.6) is 0 Å². The van der Waals surface area contributed by atoms with Crippen molar-refractivity contribution in [2.45, 2.75) is 102 Å². The maximum absolute atomic E-state index is 13.0. The van der Waals surface area contributed by atoms with Crippen LogP contribution in [0.1, 0.15) is 79.3 Å². The summed E-state index contributed by atoms with van der Waals surface area (Å²) >= 11 is 0. The Balaban J connectivity index is 1.86. The number of carbonyl (C=O) groups excluding carboxylic acids is 2. The Morgan fingerprint density at radius 1 is 1.09 bits per heavy atom. The van der Waals surface area contributed by atoms with Gasteiger partial charge in [-0.25, -0.2) is 4.79 Å². The smallest absolute Gasteiger partial charge is 0.410 e. The Kier molecular flexibility index (Phi) is 8.31. The minimum atomic E-state index is -1.83. The van der Waals surface area contributed by atoms with Gasteiger partial charge in [-0.3, -0.25) is 9.69 Å². The van der Waals surface area contributed by atoms with E-state index in [0.29, 0.717) is 49.1 Å². The molecular weight excluding hydrogens is 442 g/mol. The molecule has 34 heavy (non-hydrogen) atoms. The van der Waals surface area contributed by atoms with Gasteiger partial charge in [-0.2, -0.15) is 0 Å². The molecule has 3 atom stereocenters. The second-order valence-corrected chi connectivity index (χ2v) is 16.2. The highest BCUT2D eigenvalue weighted by Crippen LogP contribution is 2.45. The topological polar surface area (TPSA) is 55.8 Å². The first-order valence-electron chi connectivity index (χ1n) is 12.8. The van der Waals surface area contributed by atoms with Crippen molar-refractivity contribution in [1.29, 1.82) is 0 Å². The molecule has 1 heterocycles. The standard InChI is InChI=1S/C28H41NO4Si/c1-8-33-28(16-12-13-17-34(20(2)3,21(4)5)22(6)7)25(18-26(28)30)29-24(19-32-27(29)31)23-14-10-9-11-15-23/h9-11,14-15,20-22,24-25H,8,12,16,18-19H2,1-7H3/t24-,25+,28-/m1/s1. The van der Waals surface area contributed by atoms with Crippen molar-refractivity contribution in [3.8, 4) is 11.5 Å². The minimum absolute atomic E-state index is 0.0627. The molecule has 2 fully saturated rings. The number of nitrogens with zero attached hydrogens (tertiary/aromatic N) is 1. The molecule has 0 radical (unpaired) electrons. The predicted octanol–water partition coefficient (Wildman–Crippen LogP) is 6.30. The van der Waals surface area contributed by atoms with Crippen molar-refractivity contribution < 1.29 is 19.1 Å². The number of cyclic esters (lactones) is 1. The number of hydrogen-bond donors (Lipinski definition) is 0. The Bertz CT molecular complexity index is 911. The summed E-state index contributed by atoms with van der Waals surface area (Å²) in [5.41, 5.74) is 5.45. The van der Waals surface area contributed by atoms with Gasteiger partial charge in [0, 0.05) is 19.4 Å². The number of hydrogen-bond acceptors (Lipinski definition) is 4. The van der Waals surface area contributed by atoms with E-state index in [9.17, 15) is 9.59 Å². The van der Waals surface area contributed by atoms with Crippen LogP contribution in [0.2, 0.25) is 16.6 Å². The first kappa shape index (κ1) is 26.5. The van der Waals surface area contributed by atoms with E-state index in [0.717, 1.165) is 5.56 Å². The average molecular weight is 484 g/mol. The molecule has 1 aromatic rings. The number of ketones is 1. The van der Waals surface area contributed by atoms with Crippen LogP contribution in [-0.2, 0) is 14.3 Å². The van der Waals surface area contributed by atoms with Crippen molar-refractivity contribution in [3.05, 3.63) is 35.9 Å². The number of carbonyl (C=O) groups is 2. The lowest BCUT2D eigenvalue weighted by Gasteiger charge is -2.51. The zero-order valence-corrected chi connectivity index (χ0v) is 22.9. The monoisotopic (exact) mass is 483 g/mol. The number of benzene rings is 1. The third-order valence-electron chi connectivity index (χ3n) is 8.01. The number of rotatable bonds is 9. The number of amides is 1.